The van der Waals surface area contributed by atoms with Crippen molar-refractivity contribution in [3.63, 3.8) is 0 Å². The molecule has 4 rings (SSSR count). The fourth-order valence-electron chi connectivity index (χ4n) is 4.18. The summed E-state index contributed by atoms with van der Waals surface area (Å²) < 4.78 is 0. The fraction of sp³-hybridized carbons (Fsp3) is 0.280. The first kappa shape index (κ1) is 16.9. The van der Waals surface area contributed by atoms with Crippen LogP contribution >= 0.6 is 0 Å². The third kappa shape index (κ3) is 3.03. The van der Waals surface area contributed by atoms with Crippen LogP contribution in [0.5, 0.6) is 0 Å². The topological polar surface area (TPSA) is 20.2 Å². The van der Waals surface area contributed by atoms with E-state index < -0.39 is 0 Å². The van der Waals surface area contributed by atoms with E-state index in [2.05, 4.69) is 69.0 Å². The predicted octanol–water partition coefficient (Wildman–Crippen LogP) is 6.71. The van der Waals surface area contributed by atoms with Gasteiger partial charge in [-0.3, -0.25) is 0 Å². The lowest BCUT2D eigenvalue weighted by Crippen LogP contribution is -2.15. The number of fused-ring (bicyclic) bond motifs is 1. The van der Waals surface area contributed by atoms with Gasteiger partial charge in [-0.15, -0.1) is 0 Å². The van der Waals surface area contributed by atoms with Crippen LogP contribution in [0.2, 0.25) is 0 Å². The molecule has 0 bridgehead atoms. The number of allylic oxidation sites excluding steroid dienone is 4. The molecule has 0 radical (unpaired) electrons. The molecular formula is C25H26O. The molecule has 2 aliphatic carbocycles. The minimum Gasteiger partial charge on any atom is -0.512 e. The summed E-state index contributed by atoms with van der Waals surface area (Å²) in [4.78, 5) is 0. The first-order chi connectivity index (χ1) is 12.5. The first-order valence-corrected chi connectivity index (χ1v) is 9.52. The van der Waals surface area contributed by atoms with Gasteiger partial charge in [0.2, 0.25) is 0 Å². The number of benzene rings is 2. The monoisotopic (exact) mass is 342 g/mol. The molecule has 2 aliphatic rings. The molecule has 0 saturated heterocycles. The van der Waals surface area contributed by atoms with Crippen LogP contribution in [-0.2, 0) is 6.42 Å². The summed E-state index contributed by atoms with van der Waals surface area (Å²) in [7, 11) is 0. The zero-order chi connectivity index (χ0) is 18.3. The van der Waals surface area contributed by atoms with Gasteiger partial charge in [0.1, 0.15) is 0 Å². The maximum absolute atomic E-state index is 10.4. The van der Waals surface area contributed by atoms with Gasteiger partial charge in [0.15, 0.2) is 0 Å². The Kier molecular flexibility index (Phi) is 4.32. The van der Waals surface area contributed by atoms with Crippen molar-refractivity contribution in [2.24, 2.45) is 5.92 Å². The van der Waals surface area contributed by atoms with Crippen molar-refractivity contribution < 1.29 is 5.11 Å². The molecule has 132 valence electrons. The highest BCUT2D eigenvalue weighted by atomic mass is 16.3. The van der Waals surface area contributed by atoms with Gasteiger partial charge >= 0.3 is 0 Å². The third-order valence-corrected chi connectivity index (χ3v) is 5.89. The van der Waals surface area contributed by atoms with E-state index in [-0.39, 0.29) is 5.92 Å². The van der Waals surface area contributed by atoms with E-state index in [9.17, 15) is 5.11 Å². The molecule has 1 atom stereocenters. The lowest BCUT2D eigenvalue weighted by molar-refractivity contribution is 0.362. The molecule has 2 aromatic carbocycles. The molecule has 2 aromatic rings. The molecule has 0 spiro atoms. The predicted molar refractivity (Wildman–Crippen MR) is 110 cm³/mol. The van der Waals surface area contributed by atoms with E-state index in [1.54, 1.807) is 0 Å². The van der Waals surface area contributed by atoms with Crippen LogP contribution in [0.15, 0.2) is 66.0 Å². The Labute approximate surface area is 156 Å². The Morgan fingerprint density at radius 2 is 1.73 bits per heavy atom. The van der Waals surface area contributed by atoms with E-state index in [4.69, 9.17) is 0 Å². The van der Waals surface area contributed by atoms with Gasteiger partial charge < -0.3 is 5.11 Å². The second-order valence-corrected chi connectivity index (χ2v) is 7.70. The van der Waals surface area contributed by atoms with E-state index in [0.29, 0.717) is 5.76 Å². The molecule has 1 N–H and O–H groups in total. The maximum atomic E-state index is 10.4. The maximum Gasteiger partial charge on any atom is 0.0963 e. The molecule has 0 aromatic heterocycles. The smallest absolute Gasteiger partial charge is 0.0963 e. The average molecular weight is 342 g/mol. The Morgan fingerprint density at radius 1 is 0.962 bits per heavy atom. The van der Waals surface area contributed by atoms with Gasteiger partial charge in [-0.05, 0) is 83.7 Å². The quantitative estimate of drug-likeness (QED) is 0.643. The van der Waals surface area contributed by atoms with Crippen molar-refractivity contribution in [3.8, 4) is 11.1 Å². The molecule has 0 heterocycles. The Bertz CT molecular complexity index is 943. The minimum absolute atomic E-state index is 0.253. The van der Waals surface area contributed by atoms with Crippen molar-refractivity contribution in [2.45, 2.75) is 39.5 Å². The van der Waals surface area contributed by atoms with Crippen molar-refractivity contribution in [1.82, 2.24) is 0 Å². The minimum atomic E-state index is 0.253. The molecule has 0 fully saturated rings. The SMILES string of the molecule is C=C1CCCC(O)=C1C1C=Cc2cc(-c3ccc(C)c(C)c3)ccc2C1. The normalized spacial score (nSPS) is 19.6. The molecule has 0 saturated carbocycles. The zero-order valence-corrected chi connectivity index (χ0v) is 15.7. The van der Waals surface area contributed by atoms with Gasteiger partial charge in [-0.1, -0.05) is 49.1 Å². The van der Waals surface area contributed by atoms with Crippen LogP contribution in [0.25, 0.3) is 17.2 Å². The summed E-state index contributed by atoms with van der Waals surface area (Å²) in [6.07, 6.45) is 8.21. The summed E-state index contributed by atoms with van der Waals surface area (Å²) in [5.74, 6) is 0.800. The standard InChI is InChI=1S/C25H26O/c1-16-7-8-19(13-18(16)3)20-9-10-22-15-23(12-11-21(22)14-20)25-17(2)5-4-6-24(25)26/h7-14,23,26H,2,4-6,15H2,1,3H3. The van der Waals surface area contributed by atoms with E-state index >= 15 is 0 Å². The van der Waals surface area contributed by atoms with Crippen LogP contribution in [0.1, 0.15) is 41.5 Å². The number of aliphatic hydroxyl groups is 1. The Hall–Kier alpha value is -2.54. The number of aryl methyl sites for hydroxylation is 2. The second kappa shape index (κ2) is 6.64. The van der Waals surface area contributed by atoms with Crippen LogP contribution in [0.3, 0.4) is 0 Å². The molecule has 1 unspecified atom stereocenters. The lowest BCUT2D eigenvalue weighted by Gasteiger charge is -2.27. The highest BCUT2D eigenvalue weighted by Gasteiger charge is 2.25. The molecular weight excluding hydrogens is 316 g/mol. The summed E-state index contributed by atoms with van der Waals surface area (Å²) in [5, 5.41) is 10.4. The van der Waals surface area contributed by atoms with Crippen LogP contribution in [0, 0.1) is 19.8 Å². The van der Waals surface area contributed by atoms with Crippen LogP contribution in [0.4, 0.5) is 0 Å². The summed E-state index contributed by atoms with van der Waals surface area (Å²) in [5.41, 5.74) is 10.0. The molecule has 0 amide bonds. The van der Waals surface area contributed by atoms with Gasteiger partial charge in [0.05, 0.1) is 5.76 Å². The largest absolute Gasteiger partial charge is 0.512 e. The molecule has 26 heavy (non-hydrogen) atoms. The van der Waals surface area contributed by atoms with Gasteiger partial charge in [-0.25, -0.2) is 0 Å². The van der Waals surface area contributed by atoms with Gasteiger partial charge in [0.25, 0.3) is 0 Å². The summed E-state index contributed by atoms with van der Waals surface area (Å²) >= 11 is 0. The van der Waals surface area contributed by atoms with Crippen molar-refractivity contribution in [3.05, 3.63) is 88.2 Å². The van der Waals surface area contributed by atoms with E-state index in [0.717, 1.165) is 36.8 Å². The van der Waals surface area contributed by atoms with Gasteiger partial charge in [-0.2, -0.15) is 0 Å². The van der Waals surface area contributed by atoms with Crippen molar-refractivity contribution in [1.29, 1.82) is 0 Å². The Morgan fingerprint density at radius 3 is 2.50 bits per heavy atom. The molecule has 1 heteroatoms. The lowest BCUT2D eigenvalue weighted by atomic mass is 9.78. The third-order valence-electron chi connectivity index (χ3n) is 5.89. The van der Waals surface area contributed by atoms with E-state index in [1.165, 1.54) is 33.4 Å². The highest BCUT2D eigenvalue weighted by molar-refractivity contribution is 5.71. The molecule has 0 aliphatic heterocycles. The van der Waals surface area contributed by atoms with Crippen molar-refractivity contribution >= 4 is 6.08 Å². The number of hydrogen-bond acceptors (Lipinski definition) is 1. The number of hydrogen-bond donors (Lipinski definition) is 1. The van der Waals surface area contributed by atoms with Crippen LogP contribution < -0.4 is 0 Å². The molecule has 1 nitrogen and oxygen atoms in total. The second-order valence-electron chi connectivity index (χ2n) is 7.70. The zero-order valence-electron chi connectivity index (χ0n) is 15.7. The van der Waals surface area contributed by atoms with Crippen molar-refractivity contribution in [2.75, 3.05) is 0 Å². The first-order valence-electron chi connectivity index (χ1n) is 9.52. The Balaban J connectivity index is 1.65. The fourth-order valence-corrected chi connectivity index (χ4v) is 4.18. The highest BCUT2D eigenvalue weighted by Crippen LogP contribution is 2.38. The van der Waals surface area contributed by atoms with Crippen LogP contribution in [-0.4, -0.2) is 5.11 Å². The average Bonchev–Trinajstić information content (AvgIpc) is 2.63. The number of aliphatic hydroxyl groups excluding tert-OH is 1. The van der Waals surface area contributed by atoms with Gasteiger partial charge in [0, 0.05) is 12.3 Å². The number of rotatable bonds is 2. The summed E-state index contributed by atoms with van der Waals surface area (Å²) in [6.45, 7) is 8.51. The summed E-state index contributed by atoms with van der Waals surface area (Å²) in [6, 6.07) is 13.4. The van der Waals surface area contributed by atoms with E-state index in [1.807, 2.05) is 0 Å².